The molecule has 14 heteroatoms. The highest BCUT2D eigenvalue weighted by atomic mass is 16.6. The number of hydrogen-bond acceptors (Lipinski definition) is 9. The Balaban J connectivity index is 2.28. The smallest absolute Gasteiger partial charge is 0.243 e. The van der Waals surface area contributed by atoms with Crippen molar-refractivity contribution < 1.29 is 42.9 Å². The minimum absolute atomic E-state index is 0.0556. The molecule has 1 rings (SSSR count). The van der Waals surface area contributed by atoms with Crippen molar-refractivity contribution in [2.24, 2.45) is 5.92 Å². The normalized spacial score (nSPS) is 11.5. The number of ether oxygens (including phenoxy) is 4. The largest absolute Gasteiger partial charge is 0.379 e. The third-order valence-corrected chi connectivity index (χ3v) is 5.75. The summed E-state index contributed by atoms with van der Waals surface area (Å²) in [6.07, 6.45) is 0.244. The molecule has 44 heavy (non-hydrogen) atoms. The Hall–Kier alpha value is -3.59. The Morgan fingerprint density at radius 3 is 1.77 bits per heavy atom. The van der Waals surface area contributed by atoms with Gasteiger partial charge in [0.25, 0.3) is 0 Å². The lowest BCUT2D eigenvalue weighted by atomic mass is 10.1. The first-order valence-electron chi connectivity index (χ1n) is 14.9. The predicted octanol–water partition coefficient (Wildman–Crippen LogP) is -0.689. The van der Waals surface area contributed by atoms with Gasteiger partial charge in [-0.3, -0.25) is 24.0 Å². The molecule has 0 saturated carbocycles. The number of nitrogens with one attached hydrogen (secondary N) is 5. The predicted molar refractivity (Wildman–Crippen MR) is 163 cm³/mol. The Kier molecular flexibility index (Phi) is 21.7. The van der Waals surface area contributed by atoms with Crippen molar-refractivity contribution in [1.29, 1.82) is 0 Å². The van der Waals surface area contributed by atoms with E-state index in [1.807, 2.05) is 51.1 Å². The maximum atomic E-state index is 12.8. The minimum Gasteiger partial charge on any atom is -0.379 e. The molecule has 1 aromatic rings. The molecule has 0 aliphatic rings. The van der Waals surface area contributed by atoms with Gasteiger partial charge in [-0.05, 0) is 18.4 Å². The van der Waals surface area contributed by atoms with E-state index < -0.39 is 30.3 Å². The molecule has 0 saturated heterocycles. The van der Waals surface area contributed by atoms with Crippen LogP contribution in [0.5, 0.6) is 0 Å². The summed E-state index contributed by atoms with van der Waals surface area (Å²) in [4.78, 5) is 61.4. The van der Waals surface area contributed by atoms with Crippen molar-refractivity contribution in [3.05, 3.63) is 35.9 Å². The van der Waals surface area contributed by atoms with Gasteiger partial charge in [0.05, 0.1) is 65.9 Å². The second-order valence-electron chi connectivity index (χ2n) is 10.1. The third kappa shape index (κ3) is 21.2. The van der Waals surface area contributed by atoms with Crippen LogP contribution in [0.2, 0.25) is 0 Å². The first kappa shape index (κ1) is 38.4. The van der Waals surface area contributed by atoms with E-state index in [9.17, 15) is 24.0 Å². The van der Waals surface area contributed by atoms with Crippen LogP contribution in [-0.4, -0.2) is 115 Å². The molecule has 14 nitrogen and oxygen atoms in total. The van der Waals surface area contributed by atoms with Gasteiger partial charge in [0.1, 0.15) is 6.04 Å². The van der Waals surface area contributed by atoms with E-state index in [2.05, 4.69) is 26.6 Å². The first-order valence-corrected chi connectivity index (χ1v) is 14.9. The summed E-state index contributed by atoms with van der Waals surface area (Å²) in [6, 6.07) is 8.11. The average Bonchev–Trinajstić information content (AvgIpc) is 3.01. The molecule has 248 valence electrons. The summed E-state index contributed by atoms with van der Waals surface area (Å²) in [6.45, 7) is 8.82. The molecular weight excluding hydrogens is 574 g/mol. The summed E-state index contributed by atoms with van der Waals surface area (Å²) in [5.74, 6) is -2.16. The molecule has 0 spiro atoms. The van der Waals surface area contributed by atoms with Crippen LogP contribution in [0.25, 0.3) is 0 Å². The number of hydrogen-bond donors (Lipinski definition) is 5. The van der Waals surface area contributed by atoms with Gasteiger partial charge in [-0.1, -0.05) is 44.2 Å². The molecular formula is C30H49N5O9. The van der Waals surface area contributed by atoms with Gasteiger partial charge < -0.3 is 45.5 Å². The standard InChI is InChI=1S/C30H49N5O9/c1-4-41-12-13-43-16-17-44-15-14-42-11-10-26(36)32-20-27(37)33-22-29(39)35-25(18-24-8-6-5-7-9-24)30(40)34-21-28(38)31-19-23(2)3/h5-9,23,25H,4,10-22H2,1-3H3,(H,31,38)(H,32,36)(H,33,37)(H,34,40)(H,35,39)/t25-/m0/s1. The van der Waals surface area contributed by atoms with Crippen LogP contribution in [-0.2, 0) is 49.3 Å². The van der Waals surface area contributed by atoms with Crippen molar-refractivity contribution in [3.63, 3.8) is 0 Å². The van der Waals surface area contributed by atoms with E-state index in [1.54, 1.807) is 0 Å². The van der Waals surface area contributed by atoms with Crippen LogP contribution in [0.4, 0.5) is 0 Å². The number of carbonyl (C=O) groups excluding carboxylic acids is 5. The Bertz CT molecular complexity index is 979. The fraction of sp³-hybridized carbons (Fsp3) is 0.633. The minimum atomic E-state index is -0.969. The molecule has 0 aliphatic carbocycles. The number of rotatable bonds is 25. The molecule has 1 aromatic carbocycles. The van der Waals surface area contributed by atoms with Crippen LogP contribution >= 0.6 is 0 Å². The number of amides is 5. The topological polar surface area (TPSA) is 182 Å². The molecule has 0 aromatic heterocycles. The SMILES string of the molecule is CCOCCOCCOCCOCCC(=O)NCC(=O)NCC(=O)N[C@@H](Cc1ccccc1)C(=O)NCC(=O)NCC(C)C. The van der Waals surface area contributed by atoms with Gasteiger partial charge in [0, 0.05) is 26.0 Å². The summed E-state index contributed by atoms with van der Waals surface area (Å²) >= 11 is 0. The van der Waals surface area contributed by atoms with Gasteiger partial charge in [0.15, 0.2) is 0 Å². The zero-order valence-corrected chi connectivity index (χ0v) is 26.1. The summed E-state index contributed by atoms with van der Waals surface area (Å²) in [5.41, 5.74) is 0.805. The van der Waals surface area contributed by atoms with Crippen LogP contribution in [0.1, 0.15) is 32.8 Å². The lowest BCUT2D eigenvalue weighted by molar-refractivity contribution is -0.131. The Morgan fingerprint density at radius 2 is 1.16 bits per heavy atom. The summed E-state index contributed by atoms with van der Waals surface area (Å²) in [5, 5.41) is 12.7. The van der Waals surface area contributed by atoms with E-state index in [4.69, 9.17) is 18.9 Å². The Labute approximate surface area is 259 Å². The van der Waals surface area contributed by atoms with Crippen LogP contribution < -0.4 is 26.6 Å². The number of benzene rings is 1. The van der Waals surface area contributed by atoms with Crippen LogP contribution in [0.3, 0.4) is 0 Å². The second kappa shape index (κ2) is 24.8. The zero-order chi connectivity index (χ0) is 32.4. The van der Waals surface area contributed by atoms with E-state index in [0.717, 1.165) is 5.56 Å². The second-order valence-corrected chi connectivity index (χ2v) is 10.1. The third-order valence-electron chi connectivity index (χ3n) is 5.75. The quantitative estimate of drug-likeness (QED) is 0.0881. The van der Waals surface area contributed by atoms with Gasteiger partial charge in [-0.15, -0.1) is 0 Å². The Morgan fingerprint density at radius 1 is 0.636 bits per heavy atom. The van der Waals surface area contributed by atoms with E-state index >= 15 is 0 Å². The fourth-order valence-corrected chi connectivity index (χ4v) is 3.45. The molecule has 0 fully saturated rings. The van der Waals surface area contributed by atoms with Crippen molar-refractivity contribution in [3.8, 4) is 0 Å². The highest BCUT2D eigenvalue weighted by molar-refractivity contribution is 5.92. The maximum absolute atomic E-state index is 12.8. The molecule has 5 N–H and O–H groups in total. The molecule has 0 unspecified atom stereocenters. The fourth-order valence-electron chi connectivity index (χ4n) is 3.45. The van der Waals surface area contributed by atoms with Gasteiger partial charge >= 0.3 is 0 Å². The molecule has 0 aliphatic heterocycles. The van der Waals surface area contributed by atoms with Gasteiger partial charge in [0.2, 0.25) is 29.5 Å². The van der Waals surface area contributed by atoms with E-state index in [1.165, 1.54) is 0 Å². The van der Waals surface area contributed by atoms with E-state index in [0.29, 0.717) is 52.8 Å². The summed E-state index contributed by atoms with van der Waals surface area (Å²) in [7, 11) is 0. The molecule has 5 amide bonds. The van der Waals surface area contributed by atoms with Gasteiger partial charge in [-0.25, -0.2) is 0 Å². The average molecular weight is 624 g/mol. The van der Waals surface area contributed by atoms with Gasteiger partial charge in [-0.2, -0.15) is 0 Å². The first-order chi connectivity index (χ1) is 21.2. The van der Waals surface area contributed by atoms with Crippen molar-refractivity contribution >= 4 is 29.5 Å². The molecule has 0 heterocycles. The molecule has 1 atom stereocenters. The van der Waals surface area contributed by atoms with Crippen molar-refractivity contribution in [2.45, 2.75) is 39.7 Å². The van der Waals surface area contributed by atoms with Crippen molar-refractivity contribution in [2.75, 3.05) is 79.0 Å². The number of carbonyl (C=O) groups is 5. The van der Waals surface area contributed by atoms with E-state index in [-0.39, 0.29) is 50.3 Å². The lowest BCUT2D eigenvalue weighted by Crippen LogP contribution is -2.52. The summed E-state index contributed by atoms with van der Waals surface area (Å²) < 4.78 is 21.2. The zero-order valence-electron chi connectivity index (χ0n) is 26.1. The van der Waals surface area contributed by atoms with Crippen LogP contribution in [0, 0.1) is 5.92 Å². The molecule has 0 bridgehead atoms. The monoisotopic (exact) mass is 623 g/mol. The maximum Gasteiger partial charge on any atom is 0.243 e. The lowest BCUT2D eigenvalue weighted by Gasteiger charge is -2.19. The van der Waals surface area contributed by atoms with Crippen molar-refractivity contribution in [1.82, 2.24) is 26.6 Å². The highest BCUT2D eigenvalue weighted by Gasteiger charge is 2.22. The van der Waals surface area contributed by atoms with Crippen LogP contribution in [0.15, 0.2) is 30.3 Å². The highest BCUT2D eigenvalue weighted by Crippen LogP contribution is 2.03. The molecule has 0 radical (unpaired) electrons.